The van der Waals surface area contributed by atoms with Gasteiger partial charge in [-0.05, 0) is 56.1 Å². The van der Waals surface area contributed by atoms with Crippen molar-refractivity contribution in [3.63, 3.8) is 0 Å². The van der Waals surface area contributed by atoms with E-state index in [0.29, 0.717) is 18.6 Å². The van der Waals surface area contributed by atoms with Crippen LogP contribution in [0.1, 0.15) is 28.8 Å². The summed E-state index contributed by atoms with van der Waals surface area (Å²) >= 11 is 0. The molecule has 0 aliphatic carbocycles. The molecular formula is C17H20N2O2. The summed E-state index contributed by atoms with van der Waals surface area (Å²) in [5.74, 6) is 1.55. The van der Waals surface area contributed by atoms with Crippen molar-refractivity contribution in [3.05, 3.63) is 35.4 Å². The number of amides is 1. The van der Waals surface area contributed by atoms with Crippen molar-refractivity contribution < 1.29 is 9.53 Å². The minimum Gasteiger partial charge on any atom is -0.489 e. The molecule has 0 saturated carbocycles. The van der Waals surface area contributed by atoms with Crippen LogP contribution in [-0.2, 0) is 0 Å². The van der Waals surface area contributed by atoms with Gasteiger partial charge in [-0.1, -0.05) is 6.08 Å². The van der Waals surface area contributed by atoms with Gasteiger partial charge in [0.05, 0.1) is 0 Å². The first-order valence-corrected chi connectivity index (χ1v) is 7.76. The molecule has 1 aromatic carbocycles. The highest BCUT2D eigenvalue weighted by Crippen LogP contribution is 2.28. The summed E-state index contributed by atoms with van der Waals surface area (Å²) in [6.45, 7) is 4.00. The maximum atomic E-state index is 12.5. The highest BCUT2D eigenvalue weighted by Gasteiger charge is 2.34. The Morgan fingerprint density at radius 3 is 2.90 bits per heavy atom. The van der Waals surface area contributed by atoms with Gasteiger partial charge in [0, 0.05) is 23.7 Å². The van der Waals surface area contributed by atoms with Gasteiger partial charge < -0.3 is 15.0 Å². The predicted octanol–water partition coefficient (Wildman–Crippen LogP) is 1.92. The number of piperidine rings is 3. The molecule has 3 fully saturated rings. The fraction of sp³-hybridized carbons (Fsp3) is 0.471. The number of ether oxygens (including phenoxy) is 1. The van der Waals surface area contributed by atoms with Crippen LogP contribution in [0.15, 0.2) is 24.3 Å². The minimum absolute atomic E-state index is 0.0375. The molecule has 4 nitrogen and oxygen atoms in total. The van der Waals surface area contributed by atoms with Crippen molar-refractivity contribution in [2.45, 2.75) is 18.9 Å². The van der Waals surface area contributed by atoms with Crippen LogP contribution in [-0.4, -0.2) is 43.1 Å². The lowest BCUT2D eigenvalue weighted by atomic mass is 9.84. The Morgan fingerprint density at radius 2 is 2.14 bits per heavy atom. The number of carbonyl (C=O) groups excluding carboxylic acids is 1. The number of hydrogen-bond acceptors (Lipinski definition) is 3. The molecule has 5 rings (SSSR count). The standard InChI is InChI=1S/C17H20N2O2/c20-17(18-15-11-19-7-5-12(15)6-8-19)14-3-4-16-13(10-14)2-1-9-21-16/h1-4,10,12,15H,5-9,11H2,(H,18,20)/t15-/m0/s1. The van der Waals surface area contributed by atoms with Crippen molar-refractivity contribution in [1.29, 1.82) is 0 Å². The number of nitrogens with zero attached hydrogens (tertiary/aromatic N) is 1. The maximum Gasteiger partial charge on any atom is 0.251 e. The Hall–Kier alpha value is -1.81. The summed E-state index contributed by atoms with van der Waals surface area (Å²) in [6, 6.07) is 5.98. The highest BCUT2D eigenvalue weighted by atomic mass is 16.5. The molecule has 1 atom stereocenters. The monoisotopic (exact) mass is 284 g/mol. The molecule has 1 aromatic rings. The van der Waals surface area contributed by atoms with Crippen molar-refractivity contribution in [2.24, 2.45) is 5.92 Å². The highest BCUT2D eigenvalue weighted by molar-refractivity contribution is 5.95. The minimum atomic E-state index is 0.0375. The van der Waals surface area contributed by atoms with Crippen LogP contribution in [0.5, 0.6) is 5.75 Å². The molecule has 0 unspecified atom stereocenters. The number of fused-ring (bicyclic) bond motifs is 4. The van der Waals surface area contributed by atoms with Gasteiger partial charge in [-0.15, -0.1) is 0 Å². The van der Waals surface area contributed by atoms with Gasteiger partial charge in [-0.25, -0.2) is 0 Å². The third-order valence-electron chi connectivity index (χ3n) is 4.88. The van der Waals surface area contributed by atoms with Gasteiger partial charge in [-0.2, -0.15) is 0 Å². The topological polar surface area (TPSA) is 41.6 Å². The SMILES string of the molecule is O=C(N[C@H]1CN2CCC1CC2)c1ccc2c(c1)C=CCO2. The van der Waals surface area contributed by atoms with E-state index in [1.807, 2.05) is 30.4 Å². The summed E-state index contributed by atoms with van der Waals surface area (Å²) < 4.78 is 5.52. The smallest absolute Gasteiger partial charge is 0.251 e. The van der Waals surface area contributed by atoms with E-state index in [4.69, 9.17) is 4.74 Å². The molecule has 4 aliphatic rings. The van der Waals surface area contributed by atoms with Crippen molar-refractivity contribution >= 4 is 12.0 Å². The molecular weight excluding hydrogens is 264 g/mol. The van der Waals surface area contributed by atoms with Gasteiger partial charge in [0.1, 0.15) is 12.4 Å². The Balaban J connectivity index is 1.49. The molecule has 4 aliphatic heterocycles. The van der Waals surface area contributed by atoms with Crippen LogP contribution < -0.4 is 10.1 Å². The molecule has 3 saturated heterocycles. The fourth-order valence-electron chi connectivity index (χ4n) is 3.64. The quantitative estimate of drug-likeness (QED) is 0.902. The van der Waals surface area contributed by atoms with Crippen molar-refractivity contribution in [1.82, 2.24) is 10.2 Å². The average molecular weight is 284 g/mol. The Kier molecular flexibility index (Phi) is 3.19. The van der Waals surface area contributed by atoms with E-state index in [1.54, 1.807) is 0 Å². The van der Waals surface area contributed by atoms with E-state index in [1.165, 1.54) is 25.9 Å². The lowest BCUT2D eigenvalue weighted by Gasteiger charge is -2.44. The summed E-state index contributed by atoms with van der Waals surface area (Å²) in [6.07, 6.45) is 6.42. The normalized spacial score (nSPS) is 29.6. The lowest BCUT2D eigenvalue weighted by Crippen LogP contribution is -2.57. The van der Waals surface area contributed by atoms with Crippen LogP contribution in [0.4, 0.5) is 0 Å². The summed E-state index contributed by atoms with van der Waals surface area (Å²) in [7, 11) is 0. The van der Waals surface area contributed by atoms with Gasteiger partial charge in [0.25, 0.3) is 5.91 Å². The first-order chi connectivity index (χ1) is 10.3. The Labute approximate surface area is 124 Å². The number of rotatable bonds is 2. The summed E-state index contributed by atoms with van der Waals surface area (Å²) in [5, 5.41) is 3.23. The van der Waals surface area contributed by atoms with E-state index in [-0.39, 0.29) is 5.91 Å². The first kappa shape index (κ1) is 12.9. The molecule has 110 valence electrons. The largest absolute Gasteiger partial charge is 0.489 e. The van der Waals surface area contributed by atoms with Gasteiger partial charge >= 0.3 is 0 Å². The molecule has 4 heterocycles. The molecule has 1 N–H and O–H groups in total. The third-order valence-corrected chi connectivity index (χ3v) is 4.88. The Morgan fingerprint density at radius 1 is 1.29 bits per heavy atom. The zero-order valence-corrected chi connectivity index (χ0v) is 12.0. The summed E-state index contributed by atoms with van der Waals surface area (Å²) in [5.41, 5.74) is 1.71. The number of carbonyl (C=O) groups is 1. The summed E-state index contributed by atoms with van der Waals surface area (Å²) in [4.78, 5) is 14.9. The van der Waals surface area contributed by atoms with E-state index < -0.39 is 0 Å². The second-order valence-electron chi connectivity index (χ2n) is 6.18. The second-order valence-corrected chi connectivity index (χ2v) is 6.18. The maximum absolute atomic E-state index is 12.5. The third kappa shape index (κ3) is 2.44. The Bertz CT molecular complexity index is 588. The van der Waals surface area contributed by atoms with Gasteiger partial charge in [0.15, 0.2) is 0 Å². The molecule has 1 amide bonds. The van der Waals surface area contributed by atoms with Crippen LogP contribution in [0.2, 0.25) is 0 Å². The first-order valence-electron chi connectivity index (χ1n) is 7.76. The van der Waals surface area contributed by atoms with Gasteiger partial charge in [-0.3, -0.25) is 4.79 Å². The number of hydrogen-bond donors (Lipinski definition) is 1. The molecule has 0 radical (unpaired) electrons. The lowest BCUT2D eigenvalue weighted by molar-refractivity contribution is 0.0620. The van der Waals surface area contributed by atoms with Crippen LogP contribution in [0, 0.1) is 5.92 Å². The van der Waals surface area contributed by atoms with E-state index in [2.05, 4.69) is 10.2 Å². The van der Waals surface area contributed by atoms with Crippen LogP contribution in [0.3, 0.4) is 0 Å². The zero-order valence-electron chi connectivity index (χ0n) is 12.0. The molecule has 2 bridgehead atoms. The van der Waals surface area contributed by atoms with Crippen molar-refractivity contribution in [3.8, 4) is 5.75 Å². The molecule has 21 heavy (non-hydrogen) atoms. The van der Waals surface area contributed by atoms with E-state index in [9.17, 15) is 4.79 Å². The van der Waals surface area contributed by atoms with Crippen LogP contribution in [0.25, 0.3) is 6.08 Å². The predicted molar refractivity (Wildman–Crippen MR) is 81.4 cm³/mol. The molecule has 4 heteroatoms. The van der Waals surface area contributed by atoms with Crippen molar-refractivity contribution in [2.75, 3.05) is 26.2 Å². The average Bonchev–Trinajstić information content (AvgIpc) is 2.55. The van der Waals surface area contributed by atoms with E-state index in [0.717, 1.165) is 23.4 Å². The molecule has 0 spiro atoms. The van der Waals surface area contributed by atoms with Gasteiger partial charge in [0.2, 0.25) is 0 Å². The van der Waals surface area contributed by atoms with Crippen LogP contribution >= 0.6 is 0 Å². The fourth-order valence-corrected chi connectivity index (χ4v) is 3.64. The van der Waals surface area contributed by atoms with E-state index >= 15 is 0 Å². The molecule has 0 aromatic heterocycles. The number of benzene rings is 1. The zero-order chi connectivity index (χ0) is 14.2. The number of nitrogens with one attached hydrogen (secondary N) is 1. The second kappa shape index (κ2) is 5.19.